The maximum atomic E-state index is 14.7. The monoisotopic (exact) mass is 682 g/mol. The van der Waals surface area contributed by atoms with Crippen LogP contribution in [0, 0.1) is 18.3 Å². The lowest BCUT2D eigenvalue weighted by molar-refractivity contribution is -0.127. The first kappa shape index (κ1) is 34.7. The number of β-amino-alcohol motifs (C(OH)–C–C–N with tert-alkyl or cyclic N) is 1. The van der Waals surface area contributed by atoms with Gasteiger partial charge in [-0.1, -0.05) is 12.1 Å². The van der Waals surface area contributed by atoms with Gasteiger partial charge in [0.2, 0.25) is 0 Å². The fraction of sp³-hybridized carbons (Fsp3) is 0.610. The molecule has 268 valence electrons. The van der Waals surface area contributed by atoms with Crippen molar-refractivity contribution >= 4 is 11.9 Å². The molecule has 4 saturated carbocycles. The van der Waals surface area contributed by atoms with Gasteiger partial charge in [-0.2, -0.15) is 5.10 Å². The van der Waals surface area contributed by atoms with Crippen molar-refractivity contribution < 1.29 is 24.2 Å². The molecule has 0 radical (unpaired) electrons. The Hall–Kier alpha value is -3.72. The predicted octanol–water partition coefficient (Wildman–Crippen LogP) is 7.72. The molecule has 8 rings (SSSR count). The third kappa shape index (κ3) is 6.82. The second-order valence-electron chi connectivity index (χ2n) is 16.9. The van der Waals surface area contributed by atoms with Gasteiger partial charge in [-0.15, -0.1) is 0 Å². The normalized spacial score (nSPS) is 27.4. The van der Waals surface area contributed by atoms with E-state index in [2.05, 4.69) is 63.3 Å². The van der Waals surface area contributed by atoms with Crippen molar-refractivity contribution in [2.45, 2.75) is 127 Å². The highest BCUT2D eigenvalue weighted by Crippen LogP contribution is 2.61. The first-order valence-electron chi connectivity index (χ1n) is 18.7. The Labute approximate surface area is 296 Å². The summed E-state index contributed by atoms with van der Waals surface area (Å²) in [5.74, 6) is 0.863. The van der Waals surface area contributed by atoms with Gasteiger partial charge in [-0.25, -0.2) is 4.79 Å². The van der Waals surface area contributed by atoms with Crippen LogP contribution in [0.5, 0.6) is 5.75 Å². The van der Waals surface area contributed by atoms with Crippen LogP contribution >= 0.6 is 0 Å². The smallest absolute Gasteiger partial charge is 0.410 e. The minimum atomic E-state index is -0.453. The van der Waals surface area contributed by atoms with E-state index in [4.69, 9.17) is 14.5 Å². The van der Waals surface area contributed by atoms with Gasteiger partial charge >= 0.3 is 6.09 Å². The van der Waals surface area contributed by atoms with E-state index in [1.165, 1.54) is 11.1 Å². The first-order valence-corrected chi connectivity index (χ1v) is 18.7. The lowest BCUT2D eigenvalue weighted by Crippen LogP contribution is -2.54. The van der Waals surface area contributed by atoms with Crippen LogP contribution in [0.3, 0.4) is 0 Å². The van der Waals surface area contributed by atoms with Crippen LogP contribution < -0.4 is 4.74 Å². The molecule has 1 aliphatic heterocycles. The molecule has 1 N–H and O–H groups in total. The number of aliphatic hydroxyl groups excluding tert-OH is 1. The number of rotatable bonds is 9. The topological polar surface area (TPSA) is 107 Å². The molecule has 1 amide bonds. The van der Waals surface area contributed by atoms with Crippen molar-refractivity contribution in [1.82, 2.24) is 19.7 Å². The number of aryl methyl sites for hydroxylation is 1. The highest BCUT2D eigenvalue weighted by atomic mass is 16.6. The second-order valence-corrected chi connectivity index (χ2v) is 16.9. The number of pyridine rings is 1. The Morgan fingerprint density at radius 3 is 2.28 bits per heavy atom. The number of amides is 1. The molecule has 1 aromatic carbocycles. The van der Waals surface area contributed by atoms with Crippen LogP contribution in [0.4, 0.5) is 4.79 Å². The fourth-order valence-corrected chi connectivity index (χ4v) is 9.22. The number of ketones is 1. The van der Waals surface area contributed by atoms with Gasteiger partial charge in [0.15, 0.2) is 0 Å². The summed E-state index contributed by atoms with van der Waals surface area (Å²) in [5, 5.41) is 14.2. The van der Waals surface area contributed by atoms with Gasteiger partial charge in [0.1, 0.15) is 17.6 Å². The van der Waals surface area contributed by atoms with Gasteiger partial charge < -0.3 is 19.5 Å². The number of carbonyl (C=O) groups excluding carboxylic acids is 2. The number of methoxy groups -OCH3 is 1. The highest BCUT2D eigenvalue weighted by molar-refractivity contribution is 5.88. The van der Waals surface area contributed by atoms with Crippen LogP contribution in [0.15, 0.2) is 48.9 Å². The number of ether oxygens (including phenoxy) is 2. The molecule has 9 heteroatoms. The highest BCUT2D eigenvalue weighted by Gasteiger charge is 2.51. The molecule has 4 aliphatic carbocycles. The van der Waals surface area contributed by atoms with Crippen molar-refractivity contribution in [2.24, 2.45) is 11.3 Å². The number of aromatic nitrogens is 3. The first-order chi connectivity index (χ1) is 23.9. The standard InChI is InChI=1S/C41H54N4O5/c1-27-20-31(8-11-36(27)49-5)41-16-13-40(14-17-41,15-18-41)22-34(35-21-29(12-19-42-35)30-23-43-45(24-30)39(2,3)4)37(47)28-6-9-33(10-7-28)50-38(48)44-25-32(46)26-44/h8,11-12,19-21,23-24,28,32-34,46H,6-7,9-10,13-18,22,25-26H2,1-5H3/t28-,33-,34?,40?,41?. The SMILES string of the molecule is COc1ccc(C23CCC(CC(c4cc(-c5cnn(C(C)(C)C)c5)ccn4)C(=O)[C@H]4CC[C@H](OC(=O)N5CC(O)C5)CC4)(CC2)CC3)cc1C. The molecule has 1 unspecified atom stereocenters. The van der Waals surface area contributed by atoms with Crippen molar-refractivity contribution in [2.75, 3.05) is 20.2 Å². The van der Waals surface area contributed by atoms with Gasteiger partial charge in [-0.05, 0) is 144 Å². The zero-order valence-corrected chi connectivity index (χ0v) is 30.5. The Morgan fingerprint density at radius 2 is 1.68 bits per heavy atom. The van der Waals surface area contributed by atoms with Crippen LogP contribution in [-0.2, 0) is 20.5 Å². The minimum absolute atomic E-state index is 0.0835. The number of likely N-dealkylation sites (tertiary alicyclic amines) is 1. The average Bonchev–Trinajstić information content (AvgIpc) is 3.62. The summed E-state index contributed by atoms with van der Waals surface area (Å²) >= 11 is 0. The number of Topliss-reactive ketones (excluding diaryl/α,β-unsaturated/α-hetero) is 1. The number of hydrogen-bond acceptors (Lipinski definition) is 7. The molecular formula is C41H54N4O5. The Bertz CT molecular complexity index is 1690. The summed E-state index contributed by atoms with van der Waals surface area (Å²) in [4.78, 5) is 33.7. The molecule has 5 fully saturated rings. The second kappa shape index (κ2) is 13.4. The van der Waals surface area contributed by atoms with Crippen LogP contribution in [0.25, 0.3) is 11.1 Å². The Balaban J connectivity index is 1.10. The third-order valence-corrected chi connectivity index (χ3v) is 12.6. The van der Waals surface area contributed by atoms with E-state index in [-0.39, 0.29) is 40.4 Å². The zero-order chi connectivity index (χ0) is 35.3. The van der Waals surface area contributed by atoms with E-state index in [1.54, 1.807) is 12.0 Å². The van der Waals surface area contributed by atoms with E-state index in [9.17, 15) is 14.7 Å². The molecule has 2 bridgehead atoms. The van der Waals surface area contributed by atoms with Crippen LogP contribution in [-0.4, -0.2) is 69.1 Å². The predicted molar refractivity (Wildman–Crippen MR) is 192 cm³/mol. The molecule has 2 aromatic heterocycles. The Morgan fingerprint density at radius 1 is 0.980 bits per heavy atom. The third-order valence-electron chi connectivity index (χ3n) is 12.6. The molecule has 50 heavy (non-hydrogen) atoms. The number of benzene rings is 1. The van der Waals surface area contributed by atoms with Gasteiger partial charge in [0.25, 0.3) is 0 Å². The van der Waals surface area contributed by atoms with Gasteiger partial charge in [0.05, 0.1) is 49.7 Å². The molecular weight excluding hydrogens is 628 g/mol. The molecule has 3 aromatic rings. The summed E-state index contributed by atoms with van der Waals surface area (Å²) in [6.07, 6.45) is 15.2. The number of nitrogens with zero attached hydrogens (tertiary/aromatic N) is 4. The summed E-state index contributed by atoms with van der Waals surface area (Å²) < 4.78 is 13.3. The average molecular weight is 683 g/mol. The number of carbonyl (C=O) groups is 2. The lowest BCUT2D eigenvalue weighted by Gasteiger charge is -2.55. The largest absolute Gasteiger partial charge is 0.496 e. The van der Waals surface area contributed by atoms with Gasteiger partial charge in [-0.3, -0.25) is 14.5 Å². The zero-order valence-electron chi connectivity index (χ0n) is 30.5. The van der Waals surface area contributed by atoms with Crippen molar-refractivity contribution in [3.8, 4) is 16.9 Å². The van der Waals surface area contributed by atoms with Crippen LogP contribution in [0.1, 0.15) is 114 Å². The van der Waals surface area contributed by atoms with E-state index >= 15 is 0 Å². The van der Waals surface area contributed by atoms with Gasteiger partial charge in [0, 0.05) is 23.9 Å². The lowest BCUT2D eigenvalue weighted by atomic mass is 9.50. The maximum absolute atomic E-state index is 14.7. The fourth-order valence-electron chi connectivity index (χ4n) is 9.22. The van der Waals surface area contributed by atoms with Crippen molar-refractivity contribution in [1.29, 1.82) is 0 Å². The summed E-state index contributed by atoms with van der Waals surface area (Å²) in [7, 11) is 1.73. The number of fused-ring (bicyclic) bond motifs is 3. The number of aliphatic hydroxyl groups is 1. The molecule has 3 heterocycles. The quantitative estimate of drug-likeness (QED) is 0.246. The Kier molecular flexibility index (Phi) is 9.33. The van der Waals surface area contributed by atoms with E-state index in [1.807, 2.05) is 23.1 Å². The summed E-state index contributed by atoms with van der Waals surface area (Å²) in [6, 6.07) is 10.9. The molecule has 9 nitrogen and oxygen atoms in total. The van der Waals surface area contributed by atoms with E-state index in [0.717, 1.165) is 67.5 Å². The van der Waals surface area contributed by atoms with E-state index < -0.39 is 6.10 Å². The summed E-state index contributed by atoms with van der Waals surface area (Å²) in [6.45, 7) is 9.22. The maximum Gasteiger partial charge on any atom is 0.410 e. The number of hydrogen-bond donors (Lipinski definition) is 1. The molecule has 1 saturated heterocycles. The van der Waals surface area contributed by atoms with Crippen LogP contribution in [0.2, 0.25) is 0 Å². The minimum Gasteiger partial charge on any atom is -0.496 e. The molecule has 0 spiro atoms. The van der Waals surface area contributed by atoms with Crippen molar-refractivity contribution in [3.63, 3.8) is 0 Å². The molecule has 1 atom stereocenters. The van der Waals surface area contributed by atoms with Crippen molar-refractivity contribution in [3.05, 3.63) is 65.7 Å². The molecule has 5 aliphatic rings. The van der Waals surface area contributed by atoms with E-state index in [0.29, 0.717) is 44.6 Å². The summed E-state index contributed by atoms with van der Waals surface area (Å²) in [5.41, 5.74) is 5.74.